The molecule has 0 heterocycles. The molecule has 0 spiro atoms. The number of hydrogen-bond acceptors (Lipinski definition) is 4. The third-order valence-electron chi connectivity index (χ3n) is 2.02. The average molecular weight is 217 g/mol. The van der Waals surface area contributed by atoms with E-state index in [1.54, 1.807) is 0 Å². The van der Waals surface area contributed by atoms with Crippen molar-refractivity contribution < 1.29 is 0 Å². The summed E-state index contributed by atoms with van der Waals surface area (Å²) in [5, 5.41) is 10.8. The van der Waals surface area contributed by atoms with E-state index in [0.717, 1.165) is 17.9 Å². The van der Waals surface area contributed by atoms with E-state index < -0.39 is 0 Å². The summed E-state index contributed by atoms with van der Waals surface area (Å²) in [4.78, 5) is 5.89. The Balaban J connectivity index is 2.71. The van der Waals surface area contributed by atoms with Crippen LogP contribution in [0.2, 0.25) is 0 Å². The molecule has 0 saturated carbocycles. The van der Waals surface area contributed by atoms with Crippen molar-refractivity contribution in [3.63, 3.8) is 0 Å². The van der Waals surface area contributed by atoms with Gasteiger partial charge in [0.1, 0.15) is 0 Å². The van der Waals surface area contributed by atoms with Crippen LogP contribution >= 0.6 is 12.2 Å². The largest absolute Gasteiger partial charge is 0.374 e. The van der Waals surface area contributed by atoms with Crippen LogP contribution in [0.15, 0.2) is 29.3 Å². The van der Waals surface area contributed by atoms with Gasteiger partial charge in [0.25, 0.3) is 0 Å². The van der Waals surface area contributed by atoms with Gasteiger partial charge in [-0.2, -0.15) is 10.3 Å². The number of anilines is 1. The molecule has 0 aliphatic carbocycles. The first-order valence-electron chi connectivity index (χ1n) is 4.54. The summed E-state index contributed by atoms with van der Waals surface area (Å²) < 4.78 is 0. The number of hydrogen-bond donors (Lipinski definition) is 0. The Morgan fingerprint density at radius 2 is 2.07 bits per heavy atom. The molecule has 3 nitrogen and oxygen atoms in total. The highest BCUT2D eigenvalue weighted by molar-refractivity contribution is 7.78. The van der Waals surface area contributed by atoms with Crippen LogP contribution < -0.4 is 4.90 Å². The monoisotopic (exact) mass is 217 g/mol. The second kappa shape index (κ2) is 5.92. The molecule has 1 aromatic carbocycles. The number of rotatable bonds is 4. The number of thiocarbonyl (C=S) groups is 1. The molecule has 0 saturated heterocycles. The lowest BCUT2D eigenvalue weighted by atomic mass is 10.2. The Hall–Kier alpha value is -1.69. The van der Waals surface area contributed by atoms with Crippen molar-refractivity contribution in [2.75, 3.05) is 18.5 Å². The first-order valence-corrected chi connectivity index (χ1v) is 4.95. The Kier molecular flexibility index (Phi) is 4.49. The molecule has 0 aliphatic rings. The normalized spacial score (nSPS) is 8.80. The first kappa shape index (κ1) is 11.4. The van der Waals surface area contributed by atoms with Gasteiger partial charge >= 0.3 is 0 Å². The van der Waals surface area contributed by atoms with Gasteiger partial charge in [-0.1, -0.05) is 0 Å². The van der Waals surface area contributed by atoms with E-state index in [-0.39, 0.29) is 0 Å². The van der Waals surface area contributed by atoms with Gasteiger partial charge in [0.15, 0.2) is 0 Å². The van der Waals surface area contributed by atoms with Gasteiger partial charge in [0, 0.05) is 19.3 Å². The smallest absolute Gasteiger partial charge is 0.0741 e. The topological polar surface area (TPSA) is 39.4 Å². The molecule has 0 aromatic heterocycles. The molecule has 1 aromatic rings. The van der Waals surface area contributed by atoms with Crippen molar-refractivity contribution in [3.05, 3.63) is 24.3 Å². The fraction of sp³-hybridized carbons (Fsp3) is 0.273. The lowest BCUT2D eigenvalue weighted by Gasteiger charge is -2.17. The Labute approximate surface area is 94.7 Å². The van der Waals surface area contributed by atoms with Gasteiger partial charge in [0.05, 0.1) is 23.3 Å². The quantitative estimate of drug-likeness (QED) is 0.575. The first-order chi connectivity index (χ1) is 7.27. The summed E-state index contributed by atoms with van der Waals surface area (Å²) in [6.07, 6.45) is 0.524. The van der Waals surface area contributed by atoms with Crippen molar-refractivity contribution in [2.24, 2.45) is 4.99 Å². The maximum absolute atomic E-state index is 8.46. The second-order valence-electron chi connectivity index (χ2n) is 3.05. The third-order valence-corrected chi connectivity index (χ3v) is 2.12. The van der Waals surface area contributed by atoms with Crippen molar-refractivity contribution in [3.8, 4) is 6.07 Å². The predicted molar refractivity (Wildman–Crippen MR) is 64.6 cm³/mol. The van der Waals surface area contributed by atoms with Gasteiger partial charge in [0.2, 0.25) is 0 Å². The van der Waals surface area contributed by atoms with E-state index in [1.165, 1.54) is 0 Å². The predicted octanol–water partition coefficient (Wildman–Crippen LogP) is 2.77. The third kappa shape index (κ3) is 3.51. The van der Waals surface area contributed by atoms with Crippen molar-refractivity contribution in [2.45, 2.75) is 6.42 Å². The molecule has 0 bridgehead atoms. The highest BCUT2D eigenvalue weighted by Gasteiger charge is 1.99. The molecule has 4 heteroatoms. The van der Waals surface area contributed by atoms with E-state index in [0.29, 0.717) is 6.42 Å². The molecule has 0 fully saturated rings. The van der Waals surface area contributed by atoms with Crippen LogP contribution in [0.1, 0.15) is 6.42 Å². The molecule has 0 unspecified atom stereocenters. The zero-order valence-corrected chi connectivity index (χ0v) is 9.29. The summed E-state index contributed by atoms with van der Waals surface area (Å²) in [5.74, 6) is 0. The van der Waals surface area contributed by atoms with Crippen LogP contribution in [-0.4, -0.2) is 18.8 Å². The number of nitriles is 1. The van der Waals surface area contributed by atoms with E-state index in [4.69, 9.17) is 5.26 Å². The minimum Gasteiger partial charge on any atom is -0.374 e. The number of nitrogens with zero attached hydrogens (tertiary/aromatic N) is 3. The maximum Gasteiger partial charge on any atom is 0.0741 e. The molecule has 15 heavy (non-hydrogen) atoms. The molecule has 0 radical (unpaired) electrons. The average Bonchev–Trinajstić information content (AvgIpc) is 2.27. The van der Waals surface area contributed by atoms with Crippen LogP contribution in [0.4, 0.5) is 11.4 Å². The standard InChI is InChI=1S/C11H11N3S/c1-14(8-2-7-12)11-5-3-10(4-6-11)13-9-15/h3-6H,2,8H2,1H3. The Bertz CT molecular complexity index is 399. The SMILES string of the molecule is CN(CCC#N)c1ccc(N=C=S)cc1. The Morgan fingerprint density at radius 3 is 2.60 bits per heavy atom. The van der Waals surface area contributed by atoms with Crippen LogP contribution in [0, 0.1) is 11.3 Å². The molecular weight excluding hydrogens is 206 g/mol. The van der Waals surface area contributed by atoms with Gasteiger partial charge in [-0.05, 0) is 36.5 Å². The van der Waals surface area contributed by atoms with Crippen LogP contribution in [0.3, 0.4) is 0 Å². The molecule has 1 rings (SSSR count). The maximum atomic E-state index is 8.46. The molecule has 0 aliphatic heterocycles. The minimum absolute atomic E-state index is 0.524. The van der Waals surface area contributed by atoms with E-state index in [9.17, 15) is 0 Å². The van der Waals surface area contributed by atoms with E-state index in [1.807, 2.05) is 36.2 Å². The van der Waals surface area contributed by atoms with Crippen LogP contribution in [-0.2, 0) is 0 Å². The lowest BCUT2D eigenvalue weighted by Crippen LogP contribution is -2.17. The molecule has 0 amide bonds. The highest BCUT2D eigenvalue weighted by Crippen LogP contribution is 2.18. The zero-order valence-electron chi connectivity index (χ0n) is 8.47. The highest BCUT2D eigenvalue weighted by atomic mass is 32.1. The van der Waals surface area contributed by atoms with E-state index in [2.05, 4.69) is 28.4 Å². The number of isothiocyanates is 1. The lowest BCUT2D eigenvalue weighted by molar-refractivity contribution is 0.905. The van der Waals surface area contributed by atoms with Gasteiger partial charge in [-0.15, -0.1) is 0 Å². The van der Waals surface area contributed by atoms with Gasteiger partial charge < -0.3 is 4.90 Å². The van der Waals surface area contributed by atoms with Crippen molar-refractivity contribution in [1.82, 2.24) is 0 Å². The van der Waals surface area contributed by atoms with Crippen LogP contribution in [0.5, 0.6) is 0 Å². The summed E-state index contributed by atoms with van der Waals surface area (Å²) in [6, 6.07) is 9.76. The van der Waals surface area contributed by atoms with E-state index >= 15 is 0 Å². The second-order valence-corrected chi connectivity index (χ2v) is 3.23. The van der Waals surface area contributed by atoms with Gasteiger partial charge in [-0.3, -0.25) is 0 Å². The summed E-state index contributed by atoms with van der Waals surface area (Å²) in [5.41, 5.74) is 1.86. The fourth-order valence-electron chi connectivity index (χ4n) is 1.18. The van der Waals surface area contributed by atoms with Crippen LogP contribution in [0.25, 0.3) is 0 Å². The number of benzene rings is 1. The minimum atomic E-state index is 0.524. The van der Waals surface area contributed by atoms with Crippen molar-refractivity contribution in [1.29, 1.82) is 5.26 Å². The zero-order chi connectivity index (χ0) is 11.1. The molecule has 76 valence electrons. The fourth-order valence-corrected chi connectivity index (χ4v) is 1.29. The number of aliphatic imine (C=N–C) groups is 1. The summed E-state index contributed by atoms with van der Waals surface area (Å²) >= 11 is 4.51. The molecule has 0 atom stereocenters. The molecular formula is C11H11N3S. The summed E-state index contributed by atoms with van der Waals surface area (Å²) in [6.45, 7) is 0.728. The summed E-state index contributed by atoms with van der Waals surface area (Å²) in [7, 11) is 1.95. The van der Waals surface area contributed by atoms with Gasteiger partial charge in [-0.25, -0.2) is 0 Å². The molecule has 0 N–H and O–H groups in total. The Morgan fingerprint density at radius 1 is 1.40 bits per heavy atom. The van der Waals surface area contributed by atoms with Crippen molar-refractivity contribution >= 4 is 28.8 Å².